The normalized spacial score (nSPS) is 18.8. The predicted octanol–water partition coefficient (Wildman–Crippen LogP) is 1.79. The van der Waals surface area contributed by atoms with Crippen LogP contribution < -0.4 is 5.32 Å². The van der Waals surface area contributed by atoms with E-state index in [0.29, 0.717) is 12.1 Å². The smallest absolute Gasteiger partial charge is 0.317 e. The Kier molecular flexibility index (Phi) is 6.24. The van der Waals surface area contributed by atoms with Gasteiger partial charge >= 0.3 is 6.03 Å². The van der Waals surface area contributed by atoms with Gasteiger partial charge in [-0.1, -0.05) is 0 Å². The molecule has 6 nitrogen and oxygen atoms in total. The van der Waals surface area contributed by atoms with E-state index in [1.54, 1.807) is 11.1 Å². The molecule has 1 aliphatic rings. The number of aromatic nitrogens is 2. The Labute approximate surface area is 133 Å². The van der Waals surface area contributed by atoms with E-state index in [0.717, 1.165) is 32.6 Å². The second-order valence-electron chi connectivity index (χ2n) is 6.36. The Balaban J connectivity index is 1.65. The van der Waals surface area contributed by atoms with Crippen molar-refractivity contribution in [1.82, 2.24) is 24.9 Å². The van der Waals surface area contributed by atoms with E-state index in [4.69, 9.17) is 0 Å². The minimum Gasteiger partial charge on any atom is -0.336 e. The van der Waals surface area contributed by atoms with Crippen LogP contribution in [0.1, 0.15) is 33.1 Å². The van der Waals surface area contributed by atoms with Crippen LogP contribution in [-0.4, -0.2) is 64.4 Å². The molecule has 2 rings (SSSR count). The van der Waals surface area contributed by atoms with Gasteiger partial charge < -0.3 is 10.2 Å². The van der Waals surface area contributed by atoms with Crippen LogP contribution in [0.25, 0.3) is 0 Å². The highest BCUT2D eigenvalue weighted by Gasteiger charge is 2.26. The van der Waals surface area contributed by atoms with Crippen LogP contribution >= 0.6 is 0 Å². The lowest BCUT2D eigenvalue weighted by molar-refractivity contribution is 0.184. The third-order valence-electron chi connectivity index (χ3n) is 4.36. The minimum atomic E-state index is 0.0241. The van der Waals surface area contributed by atoms with Gasteiger partial charge in [-0.05, 0) is 45.7 Å². The van der Waals surface area contributed by atoms with Crippen LogP contribution in [0.5, 0.6) is 0 Å². The van der Waals surface area contributed by atoms with E-state index >= 15 is 0 Å². The lowest BCUT2D eigenvalue weighted by Crippen LogP contribution is -2.46. The van der Waals surface area contributed by atoms with Gasteiger partial charge in [0.1, 0.15) is 0 Å². The molecule has 2 heterocycles. The molecule has 0 radical (unpaired) electrons. The van der Waals surface area contributed by atoms with Gasteiger partial charge in [-0.25, -0.2) is 4.79 Å². The first-order chi connectivity index (χ1) is 10.6. The summed E-state index contributed by atoms with van der Waals surface area (Å²) >= 11 is 0. The van der Waals surface area contributed by atoms with E-state index in [1.807, 2.05) is 24.0 Å². The molecule has 22 heavy (non-hydrogen) atoms. The summed E-state index contributed by atoms with van der Waals surface area (Å²) in [4.78, 5) is 16.4. The van der Waals surface area contributed by atoms with Gasteiger partial charge in [0.05, 0.1) is 0 Å². The van der Waals surface area contributed by atoms with Crippen LogP contribution in [-0.2, 0) is 6.54 Å². The maximum Gasteiger partial charge on any atom is 0.317 e. The Hall–Kier alpha value is -1.56. The first-order valence-corrected chi connectivity index (χ1v) is 8.30. The molecule has 1 atom stereocenters. The average Bonchev–Trinajstić information content (AvgIpc) is 3.15. The second kappa shape index (κ2) is 8.17. The zero-order valence-corrected chi connectivity index (χ0v) is 14.0. The highest BCUT2D eigenvalue weighted by Crippen LogP contribution is 2.19. The number of nitrogens with zero attached hydrogens (tertiary/aromatic N) is 4. The van der Waals surface area contributed by atoms with Crippen molar-refractivity contribution in [3.05, 3.63) is 18.5 Å². The fourth-order valence-corrected chi connectivity index (χ4v) is 3.10. The van der Waals surface area contributed by atoms with Crippen molar-refractivity contribution in [2.45, 2.75) is 51.7 Å². The second-order valence-corrected chi connectivity index (χ2v) is 6.36. The Morgan fingerprint density at radius 3 is 3.00 bits per heavy atom. The number of hydrogen-bond donors (Lipinski definition) is 1. The van der Waals surface area contributed by atoms with Crippen LogP contribution in [0.3, 0.4) is 0 Å². The van der Waals surface area contributed by atoms with Crippen molar-refractivity contribution < 1.29 is 4.79 Å². The standard InChI is InChI=1S/C16H29N5O/c1-14(2)21-12-4-7-15(21)13-17-16(22)19(3)9-6-11-20-10-5-8-18-20/h5,8,10,14-15H,4,6-7,9,11-13H2,1-3H3,(H,17,22)/t15-/m1/s1. The van der Waals surface area contributed by atoms with Crippen molar-refractivity contribution in [2.24, 2.45) is 0 Å². The van der Waals surface area contributed by atoms with Crippen LogP contribution in [0, 0.1) is 0 Å². The van der Waals surface area contributed by atoms with Gasteiger partial charge in [0.25, 0.3) is 0 Å². The minimum absolute atomic E-state index is 0.0241. The molecular weight excluding hydrogens is 278 g/mol. The molecule has 0 aromatic carbocycles. The summed E-state index contributed by atoms with van der Waals surface area (Å²) in [5.74, 6) is 0. The molecule has 1 fully saturated rings. The lowest BCUT2D eigenvalue weighted by Gasteiger charge is -2.29. The number of rotatable bonds is 7. The maximum atomic E-state index is 12.1. The van der Waals surface area contributed by atoms with Gasteiger partial charge in [0.15, 0.2) is 0 Å². The molecule has 6 heteroatoms. The molecule has 1 N–H and O–H groups in total. The molecule has 2 amide bonds. The maximum absolute atomic E-state index is 12.1. The lowest BCUT2D eigenvalue weighted by atomic mass is 10.2. The van der Waals surface area contributed by atoms with Gasteiger partial charge in [-0.3, -0.25) is 9.58 Å². The number of hydrogen-bond acceptors (Lipinski definition) is 3. The third-order valence-corrected chi connectivity index (χ3v) is 4.36. The van der Waals surface area contributed by atoms with Crippen molar-refractivity contribution >= 4 is 6.03 Å². The summed E-state index contributed by atoms with van der Waals surface area (Å²) in [6.07, 6.45) is 7.05. The topological polar surface area (TPSA) is 53.4 Å². The van der Waals surface area contributed by atoms with Crippen LogP contribution in [0.4, 0.5) is 4.79 Å². The molecule has 1 aromatic rings. The summed E-state index contributed by atoms with van der Waals surface area (Å²) < 4.78 is 1.89. The van der Waals surface area contributed by atoms with Crippen molar-refractivity contribution in [3.63, 3.8) is 0 Å². The first-order valence-electron chi connectivity index (χ1n) is 8.30. The Morgan fingerprint density at radius 2 is 2.32 bits per heavy atom. The fraction of sp³-hybridized carbons (Fsp3) is 0.750. The molecule has 0 aliphatic carbocycles. The molecule has 1 aromatic heterocycles. The van der Waals surface area contributed by atoms with Gasteiger partial charge in [-0.2, -0.15) is 5.10 Å². The highest BCUT2D eigenvalue weighted by atomic mass is 16.2. The summed E-state index contributed by atoms with van der Waals surface area (Å²) in [5, 5.41) is 7.24. The number of urea groups is 1. The van der Waals surface area contributed by atoms with Crippen LogP contribution in [0.15, 0.2) is 18.5 Å². The zero-order chi connectivity index (χ0) is 15.9. The van der Waals surface area contributed by atoms with Gasteiger partial charge in [0, 0.05) is 51.2 Å². The predicted molar refractivity (Wildman–Crippen MR) is 87.7 cm³/mol. The number of carbonyl (C=O) groups excluding carboxylic acids is 1. The summed E-state index contributed by atoms with van der Waals surface area (Å²) in [6, 6.07) is 2.98. The van der Waals surface area contributed by atoms with Crippen molar-refractivity contribution in [3.8, 4) is 0 Å². The fourth-order valence-electron chi connectivity index (χ4n) is 3.10. The molecule has 0 bridgehead atoms. The molecule has 0 spiro atoms. The largest absolute Gasteiger partial charge is 0.336 e. The number of amides is 2. The van der Waals surface area contributed by atoms with E-state index in [9.17, 15) is 4.79 Å². The van der Waals surface area contributed by atoms with Crippen LogP contribution in [0.2, 0.25) is 0 Å². The molecule has 0 saturated carbocycles. The molecule has 1 aliphatic heterocycles. The van der Waals surface area contributed by atoms with Gasteiger partial charge in [-0.15, -0.1) is 0 Å². The van der Waals surface area contributed by atoms with E-state index in [1.165, 1.54) is 12.8 Å². The molecule has 0 unspecified atom stereocenters. The number of likely N-dealkylation sites (tertiary alicyclic amines) is 1. The first kappa shape index (κ1) is 16.8. The average molecular weight is 307 g/mol. The Morgan fingerprint density at radius 1 is 1.50 bits per heavy atom. The van der Waals surface area contributed by atoms with Crippen molar-refractivity contribution in [2.75, 3.05) is 26.7 Å². The summed E-state index contributed by atoms with van der Waals surface area (Å²) in [5.41, 5.74) is 0. The Bertz CT molecular complexity index is 445. The van der Waals surface area contributed by atoms with E-state index in [2.05, 4.69) is 29.2 Å². The zero-order valence-electron chi connectivity index (χ0n) is 14.0. The van der Waals surface area contributed by atoms with E-state index < -0.39 is 0 Å². The molecule has 1 saturated heterocycles. The number of aryl methyl sites for hydroxylation is 1. The SMILES string of the molecule is CC(C)N1CCC[C@@H]1CNC(=O)N(C)CCCn1cccn1. The summed E-state index contributed by atoms with van der Waals surface area (Å²) in [6.45, 7) is 7.93. The number of nitrogens with one attached hydrogen (secondary N) is 1. The van der Waals surface area contributed by atoms with Crippen molar-refractivity contribution in [1.29, 1.82) is 0 Å². The van der Waals surface area contributed by atoms with E-state index in [-0.39, 0.29) is 6.03 Å². The summed E-state index contributed by atoms with van der Waals surface area (Å²) in [7, 11) is 1.85. The monoisotopic (exact) mass is 307 g/mol. The quantitative estimate of drug-likeness (QED) is 0.835. The molecular formula is C16H29N5O. The highest BCUT2D eigenvalue weighted by molar-refractivity contribution is 5.73. The van der Waals surface area contributed by atoms with Gasteiger partial charge in [0.2, 0.25) is 0 Å². The molecule has 124 valence electrons. The number of carbonyl (C=O) groups is 1. The third kappa shape index (κ3) is 4.73.